The monoisotopic (exact) mass is 281 g/mol. The van der Waals surface area contributed by atoms with E-state index in [9.17, 15) is 4.79 Å². The average Bonchev–Trinajstić information content (AvgIpc) is 2.93. The van der Waals surface area contributed by atoms with Gasteiger partial charge in [-0.15, -0.1) is 11.3 Å². The number of rotatable bonds is 6. The highest BCUT2D eigenvalue weighted by Crippen LogP contribution is 2.13. The number of carbonyl (C=O) groups is 1. The molecule has 1 saturated heterocycles. The van der Waals surface area contributed by atoms with Crippen LogP contribution in [0.1, 0.15) is 18.2 Å². The fraction of sp³-hybridized carbons (Fsp3) is 0.643. The summed E-state index contributed by atoms with van der Waals surface area (Å²) in [5, 5.41) is 5.30. The fourth-order valence-electron chi connectivity index (χ4n) is 2.26. The van der Waals surface area contributed by atoms with Crippen LogP contribution in [-0.4, -0.2) is 55.0 Å². The highest BCUT2D eigenvalue weighted by Gasteiger charge is 2.20. The lowest BCUT2D eigenvalue weighted by atomic mass is 10.3. The van der Waals surface area contributed by atoms with E-state index in [-0.39, 0.29) is 5.91 Å². The van der Waals surface area contributed by atoms with Gasteiger partial charge in [-0.2, -0.15) is 0 Å². The zero-order valence-corrected chi connectivity index (χ0v) is 12.4. The van der Waals surface area contributed by atoms with Crippen molar-refractivity contribution in [2.75, 3.05) is 39.3 Å². The Morgan fingerprint density at radius 3 is 2.79 bits per heavy atom. The van der Waals surface area contributed by atoms with Gasteiger partial charge in [-0.1, -0.05) is 13.0 Å². The largest absolute Gasteiger partial charge is 0.339 e. The molecule has 0 unspecified atom stereocenters. The van der Waals surface area contributed by atoms with E-state index in [1.165, 1.54) is 4.88 Å². The van der Waals surface area contributed by atoms with Gasteiger partial charge in [-0.25, -0.2) is 0 Å². The first-order chi connectivity index (χ1) is 9.29. The maximum atomic E-state index is 11.9. The summed E-state index contributed by atoms with van der Waals surface area (Å²) in [5.41, 5.74) is 0. The normalized spacial score (nSPS) is 16.8. The van der Waals surface area contributed by atoms with E-state index in [2.05, 4.69) is 34.7 Å². The van der Waals surface area contributed by atoms with Crippen molar-refractivity contribution in [2.45, 2.75) is 19.9 Å². The van der Waals surface area contributed by atoms with Gasteiger partial charge in [-0.3, -0.25) is 9.69 Å². The number of piperazine rings is 1. The molecule has 19 heavy (non-hydrogen) atoms. The summed E-state index contributed by atoms with van der Waals surface area (Å²) >= 11 is 1.81. The topological polar surface area (TPSA) is 35.6 Å². The van der Waals surface area contributed by atoms with Crippen LogP contribution in [0.15, 0.2) is 17.5 Å². The number of nitrogens with one attached hydrogen (secondary N) is 1. The lowest BCUT2D eigenvalue weighted by Crippen LogP contribution is -2.50. The van der Waals surface area contributed by atoms with E-state index in [0.29, 0.717) is 6.54 Å². The predicted molar refractivity (Wildman–Crippen MR) is 79.3 cm³/mol. The second-order valence-electron chi connectivity index (χ2n) is 4.91. The minimum atomic E-state index is 0.240. The van der Waals surface area contributed by atoms with Gasteiger partial charge >= 0.3 is 0 Å². The minimum absolute atomic E-state index is 0.240. The Hall–Kier alpha value is -0.910. The molecule has 1 N–H and O–H groups in total. The van der Waals surface area contributed by atoms with Gasteiger partial charge in [-0.05, 0) is 24.4 Å². The molecule has 1 amide bonds. The maximum absolute atomic E-state index is 11.9. The first-order valence-electron chi connectivity index (χ1n) is 7.03. The van der Waals surface area contributed by atoms with Crippen LogP contribution in [0.3, 0.4) is 0 Å². The van der Waals surface area contributed by atoms with Gasteiger partial charge in [0.15, 0.2) is 0 Å². The third-order valence-corrected chi connectivity index (χ3v) is 4.25. The molecular formula is C14H23N3OS. The summed E-state index contributed by atoms with van der Waals surface area (Å²) in [5.74, 6) is 0.240. The van der Waals surface area contributed by atoms with Crippen molar-refractivity contribution in [3.63, 3.8) is 0 Å². The lowest BCUT2D eigenvalue weighted by molar-refractivity contribution is -0.132. The average molecular weight is 281 g/mol. The molecule has 2 rings (SSSR count). The van der Waals surface area contributed by atoms with Crippen molar-refractivity contribution in [2.24, 2.45) is 0 Å². The summed E-state index contributed by atoms with van der Waals surface area (Å²) in [6, 6.07) is 4.27. The Balaban J connectivity index is 1.68. The molecule has 1 aromatic rings. The summed E-state index contributed by atoms with van der Waals surface area (Å²) in [6.45, 7) is 8.22. The van der Waals surface area contributed by atoms with E-state index in [0.717, 1.165) is 45.7 Å². The van der Waals surface area contributed by atoms with Crippen LogP contribution in [-0.2, 0) is 11.3 Å². The number of carbonyl (C=O) groups excluding carboxylic acids is 1. The van der Waals surface area contributed by atoms with Crippen LogP contribution < -0.4 is 5.32 Å². The Morgan fingerprint density at radius 2 is 2.16 bits per heavy atom. The highest BCUT2D eigenvalue weighted by molar-refractivity contribution is 7.09. The number of thiophene rings is 1. The molecule has 0 spiro atoms. The Morgan fingerprint density at radius 1 is 1.37 bits per heavy atom. The lowest BCUT2D eigenvalue weighted by Gasteiger charge is -2.34. The molecule has 1 aliphatic heterocycles. The van der Waals surface area contributed by atoms with E-state index in [1.807, 2.05) is 4.90 Å². The molecule has 0 atom stereocenters. The van der Waals surface area contributed by atoms with Gasteiger partial charge in [0.05, 0.1) is 6.54 Å². The SMILES string of the molecule is CCCNCC(=O)N1CCN(Cc2cccs2)CC1. The molecule has 5 heteroatoms. The van der Waals surface area contributed by atoms with Crippen molar-refractivity contribution in [1.29, 1.82) is 0 Å². The maximum Gasteiger partial charge on any atom is 0.236 e. The summed E-state index contributed by atoms with van der Waals surface area (Å²) in [4.78, 5) is 17.8. The third kappa shape index (κ3) is 4.60. The summed E-state index contributed by atoms with van der Waals surface area (Å²) in [6.07, 6.45) is 1.07. The number of nitrogens with zero attached hydrogens (tertiary/aromatic N) is 2. The molecule has 0 aromatic carbocycles. The summed E-state index contributed by atoms with van der Waals surface area (Å²) in [7, 11) is 0. The molecule has 1 aromatic heterocycles. The zero-order chi connectivity index (χ0) is 13.5. The molecule has 1 aliphatic rings. The molecule has 4 nitrogen and oxygen atoms in total. The van der Waals surface area contributed by atoms with E-state index in [4.69, 9.17) is 0 Å². The van der Waals surface area contributed by atoms with Gasteiger partial charge in [0.1, 0.15) is 0 Å². The molecule has 1 fully saturated rings. The minimum Gasteiger partial charge on any atom is -0.339 e. The number of hydrogen-bond donors (Lipinski definition) is 1. The van der Waals surface area contributed by atoms with Crippen molar-refractivity contribution in [3.05, 3.63) is 22.4 Å². The van der Waals surface area contributed by atoms with Crippen LogP contribution in [0, 0.1) is 0 Å². The van der Waals surface area contributed by atoms with Gasteiger partial charge < -0.3 is 10.2 Å². The second-order valence-corrected chi connectivity index (χ2v) is 5.95. The predicted octanol–water partition coefficient (Wildman–Crippen LogP) is 1.39. The molecule has 0 aliphatic carbocycles. The quantitative estimate of drug-likeness (QED) is 0.801. The van der Waals surface area contributed by atoms with Gasteiger partial charge in [0, 0.05) is 37.6 Å². The first kappa shape index (κ1) is 14.5. The fourth-order valence-corrected chi connectivity index (χ4v) is 3.01. The Bertz CT molecular complexity index is 372. The van der Waals surface area contributed by atoms with Crippen LogP contribution in [0.25, 0.3) is 0 Å². The molecule has 0 saturated carbocycles. The van der Waals surface area contributed by atoms with Crippen molar-refractivity contribution in [3.8, 4) is 0 Å². The molecule has 106 valence electrons. The van der Waals surface area contributed by atoms with Gasteiger partial charge in [0.2, 0.25) is 5.91 Å². The first-order valence-corrected chi connectivity index (χ1v) is 7.91. The van der Waals surface area contributed by atoms with Gasteiger partial charge in [0.25, 0.3) is 0 Å². The van der Waals surface area contributed by atoms with Crippen molar-refractivity contribution < 1.29 is 4.79 Å². The van der Waals surface area contributed by atoms with Crippen LogP contribution in [0.4, 0.5) is 0 Å². The molecule has 2 heterocycles. The van der Waals surface area contributed by atoms with Crippen molar-refractivity contribution in [1.82, 2.24) is 15.1 Å². The Labute approximate surface area is 119 Å². The number of hydrogen-bond acceptors (Lipinski definition) is 4. The van der Waals surface area contributed by atoms with Crippen LogP contribution in [0.5, 0.6) is 0 Å². The molecule has 0 bridgehead atoms. The molecular weight excluding hydrogens is 258 g/mol. The highest BCUT2D eigenvalue weighted by atomic mass is 32.1. The van der Waals surface area contributed by atoms with E-state index < -0.39 is 0 Å². The second kappa shape index (κ2) is 7.62. The van der Waals surface area contributed by atoms with Crippen LogP contribution >= 0.6 is 11.3 Å². The van der Waals surface area contributed by atoms with Crippen LogP contribution in [0.2, 0.25) is 0 Å². The molecule has 0 radical (unpaired) electrons. The zero-order valence-electron chi connectivity index (χ0n) is 11.6. The van der Waals surface area contributed by atoms with E-state index >= 15 is 0 Å². The Kier molecular flexibility index (Phi) is 5.82. The smallest absolute Gasteiger partial charge is 0.236 e. The van der Waals surface area contributed by atoms with Crippen molar-refractivity contribution >= 4 is 17.2 Å². The third-order valence-electron chi connectivity index (χ3n) is 3.39. The number of amides is 1. The standard InChI is InChI=1S/C14H23N3OS/c1-2-5-15-11-14(18)17-8-6-16(7-9-17)12-13-4-3-10-19-13/h3-4,10,15H,2,5-9,11-12H2,1H3. The van der Waals surface area contributed by atoms with E-state index in [1.54, 1.807) is 11.3 Å². The summed E-state index contributed by atoms with van der Waals surface area (Å²) < 4.78 is 0.